The van der Waals surface area contributed by atoms with Crippen molar-refractivity contribution in [1.29, 1.82) is 0 Å². The maximum atomic E-state index is 10.9. The van der Waals surface area contributed by atoms with Crippen molar-refractivity contribution in [3.8, 4) is 0 Å². The molecule has 0 amide bonds. The summed E-state index contributed by atoms with van der Waals surface area (Å²) in [7, 11) is 0. The topological polar surface area (TPSA) is 104 Å². The van der Waals surface area contributed by atoms with Crippen LogP contribution in [-0.2, 0) is 14.3 Å². The fourth-order valence-electron chi connectivity index (χ4n) is 0.911. The number of carbonyl (C=O) groups is 2. The summed E-state index contributed by atoms with van der Waals surface area (Å²) in [6.07, 6.45) is 4.22. The second-order valence-electron chi connectivity index (χ2n) is 4.17. The smallest absolute Gasteiger partial charge is 0.334 e. The van der Waals surface area contributed by atoms with Crippen molar-refractivity contribution in [3.63, 3.8) is 0 Å². The van der Waals surface area contributed by atoms with Crippen molar-refractivity contribution in [2.75, 3.05) is 13.2 Å². The maximum absolute atomic E-state index is 10.9. The van der Waals surface area contributed by atoms with Crippen LogP contribution in [0.15, 0.2) is 24.0 Å². The minimum Gasteiger partial charge on any atom is -0.515 e. The first-order valence-electron chi connectivity index (χ1n) is 6.34. The molecule has 0 rings (SSSR count). The average molecular weight is 288 g/mol. The van der Waals surface area contributed by atoms with Crippen molar-refractivity contribution in [2.24, 2.45) is 0 Å². The summed E-state index contributed by atoms with van der Waals surface area (Å²) in [5.41, 5.74) is 0.385. The summed E-state index contributed by atoms with van der Waals surface area (Å²) in [4.78, 5) is 20.6. The molecule has 0 radical (unpaired) electrons. The predicted molar refractivity (Wildman–Crippen MR) is 75.3 cm³/mol. The number of aliphatic hydroxyl groups is 2. The number of carbonyl (C=O) groups excluding carboxylic acids is 1. The van der Waals surface area contributed by atoms with Gasteiger partial charge in [-0.2, -0.15) is 0 Å². The Morgan fingerprint density at radius 1 is 1.15 bits per heavy atom. The van der Waals surface area contributed by atoms with Gasteiger partial charge in [0.1, 0.15) is 0 Å². The van der Waals surface area contributed by atoms with Gasteiger partial charge in [-0.3, -0.25) is 0 Å². The molecule has 0 spiro atoms. The zero-order chi connectivity index (χ0) is 16.0. The number of esters is 1. The van der Waals surface area contributed by atoms with Crippen LogP contribution in [-0.4, -0.2) is 40.5 Å². The Morgan fingerprint density at radius 3 is 2.05 bits per heavy atom. The van der Waals surface area contributed by atoms with Crippen molar-refractivity contribution < 1.29 is 29.6 Å². The third-order valence-corrected chi connectivity index (χ3v) is 2.17. The maximum Gasteiger partial charge on any atom is 0.334 e. The predicted octanol–water partition coefficient (Wildman–Crippen LogP) is 2.19. The van der Waals surface area contributed by atoms with E-state index in [1.165, 1.54) is 6.92 Å². The summed E-state index contributed by atoms with van der Waals surface area (Å²) >= 11 is 0. The molecule has 6 nitrogen and oxygen atoms in total. The van der Waals surface area contributed by atoms with Crippen LogP contribution in [0.4, 0.5) is 0 Å². The zero-order valence-corrected chi connectivity index (χ0v) is 12.1. The zero-order valence-electron chi connectivity index (χ0n) is 12.1. The van der Waals surface area contributed by atoms with Gasteiger partial charge in [0, 0.05) is 12.2 Å². The summed E-state index contributed by atoms with van der Waals surface area (Å²) in [6, 6.07) is 0. The minimum atomic E-state index is -1.09. The second kappa shape index (κ2) is 13.6. The molecule has 0 bridgehead atoms. The minimum absolute atomic E-state index is 0.0556. The van der Waals surface area contributed by atoms with E-state index in [4.69, 9.17) is 20.1 Å². The van der Waals surface area contributed by atoms with Gasteiger partial charge in [0.05, 0.1) is 18.4 Å². The molecule has 116 valence electrons. The van der Waals surface area contributed by atoms with Gasteiger partial charge in [0.25, 0.3) is 0 Å². The molecule has 0 saturated heterocycles. The summed E-state index contributed by atoms with van der Waals surface area (Å²) in [6.45, 7) is 7.11. The molecule has 0 heterocycles. The summed E-state index contributed by atoms with van der Waals surface area (Å²) in [5.74, 6) is -1.41. The van der Waals surface area contributed by atoms with Gasteiger partial charge in [-0.05, 0) is 33.1 Å². The highest BCUT2D eigenvalue weighted by atomic mass is 16.5. The Hall–Kier alpha value is -1.82. The quantitative estimate of drug-likeness (QED) is 0.274. The summed E-state index contributed by atoms with van der Waals surface area (Å²) in [5, 5.41) is 24.4. The molecule has 0 aromatic heterocycles. The Morgan fingerprint density at radius 2 is 1.70 bits per heavy atom. The average Bonchev–Trinajstić information content (AvgIpc) is 2.41. The third kappa shape index (κ3) is 14.2. The monoisotopic (exact) mass is 288 g/mol. The molecule has 0 aliphatic carbocycles. The lowest BCUT2D eigenvalue weighted by molar-refractivity contribution is -0.139. The number of ether oxygens (including phenoxy) is 1. The van der Waals surface area contributed by atoms with Crippen LogP contribution >= 0.6 is 0 Å². The molecule has 20 heavy (non-hydrogen) atoms. The van der Waals surface area contributed by atoms with Crippen molar-refractivity contribution in [1.82, 2.24) is 0 Å². The van der Waals surface area contributed by atoms with Crippen LogP contribution < -0.4 is 0 Å². The van der Waals surface area contributed by atoms with Gasteiger partial charge >= 0.3 is 11.9 Å². The fourth-order valence-corrected chi connectivity index (χ4v) is 0.911. The highest BCUT2D eigenvalue weighted by Crippen LogP contribution is 2.00. The van der Waals surface area contributed by atoms with Gasteiger partial charge in [-0.15, -0.1) is 0 Å². The summed E-state index contributed by atoms with van der Waals surface area (Å²) < 4.78 is 4.88. The van der Waals surface area contributed by atoms with Crippen LogP contribution in [0.5, 0.6) is 0 Å². The Labute approximate surface area is 119 Å². The Kier molecular flexibility index (Phi) is 13.9. The molecule has 0 fully saturated rings. The number of rotatable bonds is 8. The Bertz CT molecular complexity index is 333. The SMILES string of the molecule is C=C(C)C(=O)OCCCCCCO.CC(=CO)C(=O)O. The Balaban J connectivity index is 0. The van der Waals surface area contributed by atoms with Crippen molar-refractivity contribution in [2.45, 2.75) is 39.5 Å². The highest BCUT2D eigenvalue weighted by molar-refractivity contribution is 5.86. The van der Waals surface area contributed by atoms with E-state index < -0.39 is 5.97 Å². The van der Waals surface area contributed by atoms with E-state index in [1.807, 2.05) is 0 Å². The molecule has 0 aliphatic heterocycles. The second-order valence-corrected chi connectivity index (χ2v) is 4.17. The van der Waals surface area contributed by atoms with E-state index in [2.05, 4.69) is 6.58 Å². The van der Waals surface area contributed by atoms with E-state index >= 15 is 0 Å². The standard InChI is InChI=1S/C10H18O3.C4H6O3/c1-9(2)10(12)13-8-6-4-3-5-7-11;1-3(2-5)4(6)7/h11H,1,3-8H2,2H3;2,5H,1H3,(H,6,7). The molecular weight excluding hydrogens is 264 g/mol. The number of carboxylic acids is 1. The van der Waals surface area contributed by atoms with Crippen LogP contribution in [0.1, 0.15) is 39.5 Å². The molecule has 0 aromatic rings. The highest BCUT2D eigenvalue weighted by Gasteiger charge is 2.01. The first-order valence-corrected chi connectivity index (χ1v) is 6.34. The molecule has 3 N–H and O–H groups in total. The lowest BCUT2D eigenvalue weighted by Gasteiger charge is -2.03. The van der Waals surface area contributed by atoms with E-state index in [1.54, 1.807) is 6.92 Å². The van der Waals surface area contributed by atoms with Crippen molar-refractivity contribution in [3.05, 3.63) is 24.0 Å². The van der Waals surface area contributed by atoms with E-state index in [-0.39, 0.29) is 18.1 Å². The number of carboxylic acid groups (broad SMARTS) is 1. The van der Waals surface area contributed by atoms with Crippen LogP contribution in [0, 0.1) is 0 Å². The molecule has 6 heteroatoms. The van der Waals surface area contributed by atoms with Crippen LogP contribution in [0.3, 0.4) is 0 Å². The lowest BCUT2D eigenvalue weighted by atomic mass is 10.2. The van der Waals surface area contributed by atoms with Gasteiger partial charge in [0.2, 0.25) is 0 Å². The number of hydrogen-bond donors (Lipinski definition) is 3. The van der Waals surface area contributed by atoms with Gasteiger partial charge in [-0.25, -0.2) is 9.59 Å². The van der Waals surface area contributed by atoms with Gasteiger partial charge in [0.15, 0.2) is 0 Å². The molecule has 0 saturated carbocycles. The van der Waals surface area contributed by atoms with Gasteiger partial charge < -0.3 is 20.1 Å². The first-order chi connectivity index (χ1) is 9.36. The van der Waals surface area contributed by atoms with E-state index in [9.17, 15) is 9.59 Å². The number of aliphatic hydroxyl groups excluding tert-OH is 2. The third-order valence-electron chi connectivity index (χ3n) is 2.17. The van der Waals surface area contributed by atoms with Gasteiger partial charge in [-0.1, -0.05) is 13.0 Å². The number of unbranched alkanes of at least 4 members (excludes halogenated alkanes) is 3. The molecule has 0 aromatic carbocycles. The van der Waals surface area contributed by atoms with Crippen molar-refractivity contribution >= 4 is 11.9 Å². The molecule has 0 atom stereocenters. The first kappa shape index (κ1) is 20.5. The largest absolute Gasteiger partial charge is 0.515 e. The number of aliphatic carboxylic acids is 1. The van der Waals surface area contributed by atoms with Crippen LogP contribution in [0.25, 0.3) is 0 Å². The normalized spacial score (nSPS) is 10.2. The molecule has 0 unspecified atom stereocenters. The lowest BCUT2D eigenvalue weighted by Crippen LogP contribution is -2.06. The van der Waals surface area contributed by atoms with E-state index in [0.29, 0.717) is 18.4 Å². The van der Waals surface area contributed by atoms with Crippen LogP contribution in [0.2, 0.25) is 0 Å². The molecule has 0 aliphatic rings. The molecular formula is C14H24O6. The fraction of sp³-hybridized carbons (Fsp3) is 0.571. The van der Waals surface area contributed by atoms with E-state index in [0.717, 1.165) is 25.7 Å². The number of hydrogen-bond acceptors (Lipinski definition) is 5.